The van der Waals surface area contributed by atoms with E-state index in [4.69, 9.17) is 9.47 Å². The van der Waals surface area contributed by atoms with Crippen molar-refractivity contribution in [3.8, 4) is 0 Å². The zero-order chi connectivity index (χ0) is 18.3. The Morgan fingerprint density at radius 2 is 1.72 bits per heavy atom. The van der Waals surface area contributed by atoms with E-state index in [0.29, 0.717) is 19.0 Å². The Kier molecular flexibility index (Phi) is 10.2. The molecule has 0 spiro atoms. The average molecular weight is 338 g/mol. The van der Waals surface area contributed by atoms with Crippen molar-refractivity contribution >= 4 is 12.0 Å². The molecular weight excluding hydrogens is 312 g/mol. The van der Waals surface area contributed by atoms with Gasteiger partial charge in [0, 0.05) is 6.08 Å². The lowest BCUT2D eigenvalue weighted by molar-refractivity contribution is -0.137. The number of benzene rings is 1. The van der Waals surface area contributed by atoms with E-state index in [1.165, 1.54) is 6.08 Å². The average Bonchev–Trinajstić information content (AvgIpc) is 2.62. The Morgan fingerprint density at radius 1 is 1.04 bits per heavy atom. The number of hydrogen-bond acceptors (Lipinski definition) is 3. The first-order valence-corrected chi connectivity index (χ1v) is 8.31. The fourth-order valence-corrected chi connectivity index (χ4v) is 1.87. The summed E-state index contributed by atoms with van der Waals surface area (Å²) in [6, 6.07) is 9.97. The molecule has 0 amide bonds. The van der Waals surface area contributed by atoms with Crippen molar-refractivity contribution in [1.82, 2.24) is 0 Å². The molecule has 0 fully saturated rings. The second-order valence-electron chi connectivity index (χ2n) is 5.41. The van der Waals surface area contributed by atoms with Crippen LogP contribution in [0.1, 0.15) is 25.3 Å². The lowest BCUT2D eigenvalue weighted by atomic mass is 10.2. The SMILES string of the molecule is C=C/C=C(C)/C=C/C(=O)OCCCCOC(=C)/C=C/c1ccccc1. The van der Waals surface area contributed by atoms with Crippen molar-refractivity contribution < 1.29 is 14.3 Å². The highest BCUT2D eigenvalue weighted by Crippen LogP contribution is 2.06. The van der Waals surface area contributed by atoms with Gasteiger partial charge in [-0.2, -0.15) is 0 Å². The molecule has 0 atom stereocenters. The quantitative estimate of drug-likeness (QED) is 0.182. The van der Waals surface area contributed by atoms with Crippen LogP contribution in [0.5, 0.6) is 0 Å². The largest absolute Gasteiger partial charge is 0.494 e. The first kappa shape index (κ1) is 20.2. The highest BCUT2D eigenvalue weighted by Gasteiger charge is 1.97. The van der Waals surface area contributed by atoms with Gasteiger partial charge in [0.1, 0.15) is 5.76 Å². The van der Waals surface area contributed by atoms with Crippen LogP contribution in [0.15, 0.2) is 85.2 Å². The molecule has 25 heavy (non-hydrogen) atoms. The van der Waals surface area contributed by atoms with E-state index in [1.807, 2.05) is 55.5 Å². The number of hydrogen-bond donors (Lipinski definition) is 0. The lowest BCUT2D eigenvalue weighted by Gasteiger charge is -2.06. The van der Waals surface area contributed by atoms with Crippen LogP contribution in [0, 0.1) is 0 Å². The smallest absolute Gasteiger partial charge is 0.330 e. The van der Waals surface area contributed by atoms with Crippen LogP contribution in [-0.2, 0) is 14.3 Å². The van der Waals surface area contributed by atoms with E-state index in [9.17, 15) is 4.79 Å². The van der Waals surface area contributed by atoms with Crippen molar-refractivity contribution in [3.63, 3.8) is 0 Å². The van der Waals surface area contributed by atoms with Gasteiger partial charge in [0.25, 0.3) is 0 Å². The van der Waals surface area contributed by atoms with Gasteiger partial charge in [-0.3, -0.25) is 0 Å². The summed E-state index contributed by atoms with van der Waals surface area (Å²) in [5.41, 5.74) is 2.05. The molecule has 0 aromatic heterocycles. The summed E-state index contributed by atoms with van der Waals surface area (Å²) < 4.78 is 10.6. The van der Waals surface area contributed by atoms with Gasteiger partial charge in [-0.05, 0) is 31.4 Å². The number of rotatable bonds is 11. The maximum absolute atomic E-state index is 11.5. The minimum atomic E-state index is -0.340. The highest BCUT2D eigenvalue weighted by atomic mass is 16.5. The van der Waals surface area contributed by atoms with E-state index in [2.05, 4.69) is 13.2 Å². The van der Waals surface area contributed by atoms with E-state index < -0.39 is 0 Å². The molecule has 0 saturated carbocycles. The predicted molar refractivity (Wildman–Crippen MR) is 104 cm³/mol. The van der Waals surface area contributed by atoms with Gasteiger partial charge in [0.15, 0.2) is 0 Å². The van der Waals surface area contributed by atoms with E-state index in [0.717, 1.165) is 24.0 Å². The molecule has 0 bridgehead atoms. The predicted octanol–water partition coefficient (Wildman–Crippen LogP) is 5.24. The van der Waals surface area contributed by atoms with Crippen LogP contribution in [-0.4, -0.2) is 19.2 Å². The molecule has 0 aliphatic heterocycles. The highest BCUT2D eigenvalue weighted by molar-refractivity contribution is 5.82. The molecule has 0 saturated heterocycles. The summed E-state index contributed by atoms with van der Waals surface area (Å²) in [5.74, 6) is 0.279. The summed E-state index contributed by atoms with van der Waals surface area (Å²) in [4.78, 5) is 11.5. The van der Waals surface area contributed by atoms with Gasteiger partial charge in [-0.25, -0.2) is 4.79 Å². The van der Waals surface area contributed by atoms with Gasteiger partial charge in [0.2, 0.25) is 0 Å². The molecule has 1 aromatic rings. The summed E-state index contributed by atoms with van der Waals surface area (Å²) in [7, 11) is 0. The molecule has 0 unspecified atom stereocenters. The second-order valence-corrected chi connectivity index (χ2v) is 5.41. The van der Waals surface area contributed by atoms with Crippen LogP contribution < -0.4 is 0 Å². The first-order chi connectivity index (χ1) is 12.1. The minimum absolute atomic E-state index is 0.340. The Hall–Kier alpha value is -2.81. The Bertz CT molecular complexity index is 636. The van der Waals surface area contributed by atoms with Crippen molar-refractivity contribution in [2.45, 2.75) is 19.8 Å². The fourth-order valence-electron chi connectivity index (χ4n) is 1.87. The minimum Gasteiger partial charge on any atom is -0.494 e. The second kappa shape index (κ2) is 12.6. The van der Waals surface area contributed by atoms with E-state index >= 15 is 0 Å². The van der Waals surface area contributed by atoms with Crippen LogP contribution in [0.3, 0.4) is 0 Å². The van der Waals surface area contributed by atoms with Crippen LogP contribution >= 0.6 is 0 Å². The maximum atomic E-state index is 11.5. The Balaban J connectivity index is 2.11. The van der Waals surface area contributed by atoms with Crippen LogP contribution in [0.2, 0.25) is 0 Å². The summed E-state index contributed by atoms with van der Waals surface area (Å²) in [6.07, 6.45) is 12.0. The number of carbonyl (C=O) groups excluding carboxylic acids is 1. The molecule has 3 heteroatoms. The van der Waals surface area contributed by atoms with Crippen LogP contribution in [0.25, 0.3) is 6.08 Å². The van der Waals surface area contributed by atoms with Gasteiger partial charge in [-0.15, -0.1) is 0 Å². The molecule has 0 aliphatic rings. The maximum Gasteiger partial charge on any atom is 0.330 e. The molecule has 132 valence electrons. The number of ether oxygens (including phenoxy) is 2. The normalized spacial score (nSPS) is 11.6. The van der Waals surface area contributed by atoms with Crippen molar-refractivity contribution in [2.24, 2.45) is 0 Å². The third-order valence-electron chi connectivity index (χ3n) is 3.19. The van der Waals surface area contributed by atoms with E-state index in [1.54, 1.807) is 12.2 Å². The van der Waals surface area contributed by atoms with Crippen molar-refractivity contribution in [3.05, 3.63) is 90.8 Å². The standard InChI is InChI=1S/C22H26O3/c1-4-10-19(2)13-16-22(23)25-18-9-8-17-24-20(3)14-15-21-11-6-5-7-12-21/h4-7,10-16H,1,3,8-9,17-18H2,2H3/b15-14+,16-13+,19-10+. The monoisotopic (exact) mass is 338 g/mol. The van der Waals surface area contributed by atoms with Gasteiger partial charge < -0.3 is 9.47 Å². The van der Waals surface area contributed by atoms with Gasteiger partial charge in [-0.1, -0.05) is 73.4 Å². The van der Waals surface area contributed by atoms with Crippen molar-refractivity contribution in [2.75, 3.05) is 13.2 Å². The summed E-state index contributed by atoms with van der Waals surface area (Å²) in [6.45, 7) is 10.3. The molecule has 1 aromatic carbocycles. The number of esters is 1. The molecular formula is C22H26O3. The molecule has 0 aliphatic carbocycles. The summed E-state index contributed by atoms with van der Waals surface area (Å²) >= 11 is 0. The first-order valence-electron chi connectivity index (χ1n) is 8.31. The van der Waals surface area contributed by atoms with Crippen LogP contribution in [0.4, 0.5) is 0 Å². The van der Waals surface area contributed by atoms with Gasteiger partial charge >= 0.3 is 5.97 Å². The molecule has 1 rings (SSSR count). The van der Waals surface area contributed by atoms with Gasteiger partial charge in [0.05, 0.1) is 13.2 Å². The zero-order valence-corrected chi connectivity index (χ0v) is 14.8. The fraction of sp³-hybridized carbons (Fsp3) is 0.227. The summed E-state index contributed by atoms with van der Waals surface area (Å²) in [5, 5.41) is 0. The molecule has 0 radical (unpaired) electrons. The number of unbranched alkanes of at least 4 members (excludes halogenated alkanes) is 1. The Labute approximate surface area is 150 Å². The van der Waals surface area contributed by atoms with Crippen molar-refractivity contribution in [1.29, 1.82) is 0 Å². The lowest BCUT2D eigenvalue weighted by Crippen LogP contribution is -2.03. The topological polar surface area (TPSA) is 35.5 Å². The molecule has 0 N–H and O–H groups in total. The number of carbonyl (C=O) groups is 1. The Morgan fingerprint density at radius 3 is 2.40 bits per heavy atom. The third kappa shape index (κ3) is 10.6. The van der Waals surface area contributed by atoms with E-state index in [-0.39, 0.29) is 5.97 Å². The number of allylic oxidation sites excluding steroid dienone is 5. The third-order valence-corrected chi connectivity index (χ3v) is 3.19. The molecule has 3 nitrogen and oxygen atoms in total. The zero-order valence-electron chi connectivity index (χ0n) is 14.8. The molecule has 0 heterocycles.